The Morgan fingerprint density at radius 2 is 1.86 bits per heavy atom. The number of hydrogen-bond donors (Lipinski definition) is 0. The van der Waals surface area contributed by atoms with Crippen molar-refractivity contribution in [2.45, 2.75) is 13.8 Å². The van der Waals surface area contributed by atoms with Gasteiger partial charge in [0.15, 0.2) is 11.6 Å². The van der Waals surface area contributed by atoms with Crippen LogP contribution < -0.4 is 4.74 Å². The van der Waals surface area contributed by atoms with Crippen molar-refractivity contribution in [3.63, 3.8) is 0 Å². The van der Waals surface area contributed by atoms with Crippen molar-refractivity contribution in [1.29, 1.82) is 0 Å². The van der Waals surface area contributed by atoms with Crippen molar-refractivity contribution in [3.05, 3.63) is 63.0 Å². The molecule has 0 unspecified atom stereocenters. The molecule has 6 heteroatoms. The molecule has 0 radical (unpaired) electrons. The van der Waals surface area contributed by atoms with Crippen LogP contribution in [0, 0.1) is 29.8 Å². The smallest absolute Gasteiger partial charge is 0.276 e. The fourth-order valence-electron chi connectivity index (χ4n) is 1.92. The second-order valence-corrected chi connectivity index (χ2v) is 4.57. The highest BCUT2D eigenvalue weighted by molar-refractivity contribution is 5.75. The number of benzene rings is 2. The van der Waals surface area contributed by atoms with Gasteiger partial charge in [0.1, 0.15) is 12.0 Å². The third kappa shape index (κ3) is 3.05. The minimum atomic E-state index is -0.706. The van der Waals surface area contributed by atoms with Crippen LogP contribution in [0.1, 0.15) is 21.5 Å². The summed E-state index contributed by atoms with van der Waals surface area (Å²) in [5, 5.41) is 10.9. The molecule has 5 nitrogen and oxygen atoms in total. The summed E-state index contributed by atoms with van der Waals surface area (Å²) in [5.74, 6) is -0.603. The van der Waals surface area contributed by atoms with Gasteiger partial charge in [-0.1, -0.05) is 0 Å². The van der Waals surface area contributed by atoms with Crippen LogP contribution in [-0.4, -0.2) is 11.2 Å². The second-order valence-electron chi connectivity index (χ2n) is 4.57. The molecule has 0 heterocycles. The number of nitro benzene ring substituents is 1. The van der Waals surface area contributed by atoms with E-state index in [1.807, 2.05) is 0 Å². The summed E-state index contributed by atoms with van der Waals surface area (Å²) in [6.07, 6.45) is 0.523. The van der Waals surface area contributed by atoms with E-state index in [0.29, 0.717) is 17.4 Å². The summed E-state index contributed by atoms with van der Waals surface area (Å²) in [5.41, 5.74) is 1.24. The Morgan fingerprint density at radius 1 is 1.14 bits per heavy atom. The molecular formula is C15H12FNO4. The standard InChI is InChI=1S/C15H12FNO4/c1-9-5-10(2)15(7-13(9)17(19)20)21-14-4-3-11(8-18)6-12(14)16/h3-8H,1-2H3. The lowest BCUT2D eigenvalue weighted by Crippen LogP contribution is -1.97. The van der Waals surface area contributed by atoms with Crippen LogP contribution in [0.15, 0.2) is 30.3 Å². The maximum absolute atomic E-state index is 13.8. The van der Waals surface area contributed by atoms with Gasteiger partial charge in [0.05, 0.1) is 11.0 Å². The molecule has 0 bridgehead atoms. The van der Waals surface area contributed by atoms with Crippen molar-refractivity contribution in [2.24, 2.45) is 0 Å². The van der Waals surface area contributed by atoms with Crippen LogP contribution >= 0.6 is 0 Å². The highest BCUT2D eigenvalue weighted by Gasteiger charge is 2.16. The minimum Gasteiger partial charge on any atom is -0.454 e. The zero-order valence-corrected chi connectivity index (χ0v) is 11.4. The molecule has 2 rings (SSSR count). The summed E-state index contributed by atoms with van der Waals surface area (Å²) >= 11 is 0. The second kappa shape index (κ2) is 5.70. The Labute approximate surface area is 120 Å². The van der Waals surface area contributed by atoms with E-state index in [-0.39, 0.29) is 22.7 Å². The number of hydrogen-bond acceptors (Lipinski definition) is 4. The van der Waals surface area contributed by atoms with Crippen molar-refractivity contribution in [2.75, 3.05) is 0 Å². The Kier molecular flexibility index (Phi) is 3.98. The molecule has 0 saturated heterocycles. The molecule has 0 N–H and O–H groups in total. The van der Waals surface area contributed by atoms with Gasteiger partial charge in [0.25, 0.3) is 5.69 Å². The largest absolute Gasteiger partial charge is 0.454 e. The van der Waals surface area contributed by atoms with Gasteiger partial charge in [0, 0.05) is 11.1 Å². The van der Waals surface area contributed by atoms with Crippen molar-refractivity contribution in [3.8, 4) is 11.5 Å². The lowest BCUT2D eigenvalue weighted by Gasteiger charge is -2.10. The Hall–Kier alpha value is -2.76. The average Bonchev–Trinajstić information content (AvgIpc) is 2.43. The third-order valence-electron chi connectivity index (χ3n) is 3.00. The Balaban J connectivity index is 2.42. The molecule has 0 amide bonds. The van der Waals surface area contributed by atoms with E-state index in [1.54, 1.807) is 19.9 Å². The number of nitrogens with zero attached hydrogens (tertiary/aromatic N) is 1. The first-order valence-electron chi connectivity index (χ1n) is 6.10. The van der Waals surface area contributed by atoms with E-state index in [2.05, 4.69) is 0 Å². The van der Waals surface area contributed by atoms with Gasteiger partial charge in [0.2, 0.25) is 0 Å². The van der Waals surface area contributed by atoms with Crippen molar-refractivity contribution < 1.29 is 18.8 Å². The molecule has 0 atom stereocenters. The van der Waals surface area contributed by atoms with E-state index in [9.17, 15) is 19.3 Å². The van der Waals surface area contributed by atoms with Crippen LogP contribution in [0.2, 0.25) is 0 Å². The zero-order chi connectivity index (χ0) is 15.6. The number of halogens is 1. The monoisotopic (exact) mass is 289 g/mol. The first-order chi connectivity index (χ1) is 9.92. The predicted molar refractivity (Wildman–Crippen MR) is 74.4 cm³/mol. The Bertz CT molecular complexity index is 728. The van der Waals surface area contributed by atoms with E-state index in [0.717, 1.165) is 6.07 Å². The number of aldehydes is 1. The molecule has 0 saturated carbocycles. The van der Waals surface area contributed by atoms with Crippen molar-refractivity contribution in [1.82, 2.24) is 0 Å². The lowest BCUT2D eigenvalue weighted by atomic mass is 10.1. The summed E-state index contributed by atoms with van der Waals surface area (Å²) in [6, 6.07) is 6.62. The van der Waals surface area contributed by atoms with Crippen LogP contribution in [0.5, 0.6) is 11.5 Å². The van der Waals surface area contributed by atoms with Crippen LogP contribution in [0.3, 0.4) is 0 Å². The van der Waals surface area contributed by atoms with Gasteiger partial charge in [-0.25, -0.2) is 4.39 Å². The molecule has 0 aromatic heterocycles. The molecule has 21 heavy (non-hydrogen) atoms. The highest BCUT2D eigenvalue weighted by atomic mass is 19.1. The van der Waals surface area contributed by atoms with Gasteiger partial charge < -0.3 is 4.74 Å². The topological polar surface area (TPSA) is 69.4 Å². The third-order valence-corrected chi connectivity index (χ3v) is 3.00. The maximum Gasteiger partial charge on any atom is 0.276 e. The number of nitro groups is 1. The van der Waals surface area contributed by atoms with E-state index in [4.69, 9.17) is 4.74 Å². The minimum absolute atomic E-state index is 0.0955. The molecule has 0 spiro atoms. The Morgan fingerprint density at radius 3 is 2.43 bits per heavy atom. The normalized spacial score (nSPS) is 10.2. The number of aryl methyl sites for hydroxylation is 2. The quantitative estimate of drug-likeness (QED) is 0.485. The molecular weight excluding hydrogens is 277 g/mol. The van der Waals surface area contributed by atoms with E-state index >= 15 is 0 Å². The molecule has 0 fully saturated rings. The summed E-state index contributed by atoms with van der Waals surface area (Å²) in [7, 11) is 0. The fraction of sp³-hybridized carbons (Fsp3) is 0.133. The van der Waals surface area contributed by atoms with Gasteiger partial charge in [-0.15, -0.1) is 0 Å². The molecule has 2 aromatic carbocycles. The number of rotatable bonds is 4. The number of ether oxygens (including phenoxy) is 1. The molecule has 2 aromatic rings. The van der Waals surface area contributed by atoms with E-state index in [1.165, 1.54) is 18.2 Å². The summed E-state index contributed by atoms with van der Waals surface area (Å²) < 4.78 is 19.2. The van der Waals surface area contributed by atoms with Gasteiger partial charge in [-0.2, -0.15) is 0 Å². The van der Waals surface area contributed by atoms with Crippen LogP contribution in [0.4, 0.5) is 10.1 Å². The molecule has 0 aliphatic rings. The van der Waals surface area contributed by atoms with E-state index < -0.39 is 10.7 Å². The van der Waals surface area contributed by atoms with Gasteiger partial charge in [-0.3, -0.25) is 14.9 Å². The number of carbonyl (C=O) groups is 1. The fourth-order valence-corrected chi connectivity index (χ4v) is 1.92. The van der Waals surface area contributed by atoms with Crippen molar-refractivity contribution >= 4 is 12.0 Å². The number of carbonyl (C=O) groups excluding carboxylic acids is 1. The average molecular weight is 289 g/mol. The molecule has 0 aliphatic heterocycles. The zero-order valence-electron chi connectivity index (χ0n) is 11.4. The summed E-state index contributed by atoms with van der Waals surface area (Å²) in [6.45, 7) is 3.33. The highest BCUT2D eigenvalue weighted by Crippen LogP contribution is 2.32. The first kappa shape index (κ1) is 14.6. The predicted octanol–water partition coefficient (Wildman–Crippen LogP) is 3.96. The van der Waals surface area contributed by atoms with Gasteiger partial charge in [-0.05, 0) is 43.7 Å². The van der Waals surface area contributed by atoms with Crippen LogP contribution in [0.25, 0.3) is 0 Å². The molecule has 0 aliphatic carbocycles. The summed E-state index contributed by atoms with van der Waals surface area (Å²) in [4.78, 5) is 21.0. The first-order valence-corrected chi connectivity index (χ1v) is 6.10. The van der Waals surface area contributed by atoms with Crippen LogP contribution in [-0.2, 0) is 0 Å². The maximum atomic E-state index is 13.8. The van der Waals surface area contributed by atoms with Gasteiger partial charge >= 0.3 is 0 Å². The lowest BCUT2D eigenvalue weighted by molar-refractivity contribution is -0.385. The molecule has 108 valence electrons. The SMILES string of the molecule is Cc1cc(C)c([N+](=O)[O-])cc1Oc1ccc(C=O)cc1F.